The van der Waals surface area contributed by atoms with E-state index in [9.17, 15) is 22.4 Å². The second kappa shape index (κ2) is 11.7. The number of aromatic nitrogens is 3. The van der Waals surface area contributed by atoms with E-state index in [-0.39, 0.29) is 24.2 Å². The van der Waals surface area contributed by atoms with Crippen molar-refractivity contribution in [3.63, 3.8) is 0 Å². The molecule has 11 heteroatoms. The Bertz CT molecular complexity index is 1410. The van der Waals surface area contributed by atoms with Crippen molar-refractivity contribution >= 4 is 11.9 Å². The fourth-order valence-corrected chi connectivity index (χ4v) is 3.44. The molecule has 7 nitrogen and oxygen atoms in total. The van der Waals surface area contributed by atoms with Crippen molar-refractivity contribution in [1.82, 2.24) is 20.3 Å². The molecule has 0 aliphatic rings. The van der Waals surface area contributed by atoms with Gasteiger partial charge in [0.2, 0.25) is 5.95 Å². The molecular formula is C27H23F4N5O2. The van der Waals surface area contributed by atoms with Crippen LogP contribution in [0.1, 0.15) is 27.0 Å². The molecule has 38 heavy (non-hydrogen) atoms. The molecule has 196 valence electrons. The van der Waals surface area contributed by atoms with E-state index in [1.165, 1.54) is 18.2 Å². The number of anilines is 1. The highest BCUT2D eigenvalue weighted by Gasteiger charge is 2.29. The van der Waals surface area contributed by atoms with Gasteiger partial charge in [-0.2, -0.15) is 28.1 Å². The van der Waals surface area contributed by atoms with Crippen molar-refractivity contribution in [2.45, 2.75) is 26.2 Å². The number of hydrogen-bond acceptors (Lipinski definition) is 6. The first-order valence-electron chi connectivity index (χ1n) is 11.5. The molecule has 1 aromatic heterocycles. The zero-order valence-corrected chi connectivity index (χ0v) is 20.2. The molecule has 1 heterocycles. The Hall–Kier alpha value is -4.54. The van der Waals surface area contributed by atoms with E-state index in [0.717, 1.165) is 11.1 Å². The fourth-order valence-electron chi connectivity index (χ4n) is 3.44. The Morgan fingerprint density at radius 2 is 1.68 bits per heavy atom. The van der Waals surface area contributed by atoms with Crippen LogP contribution >= 0.6 is 0 Å². The highest BCUT2D eigenvalue weighted by Crippen LogP contribution is 2.22. The molecule has 4 aromatic rings. The van der Waals surface area contributed by atoms with Gasteiger partial charge in [-0.05, 0) is 47.9 Å². The first kappa shape index (κ1) is 26.5. The number of hydrogen-bond donors (Lipinski definition) is 2. The molecule has 1 amide bonds. The number of ether oxygens (including phenoxy) is 1. The van der Waals surface area contributed by atoms with Gasteiger partial charge in [-0.25, -0.2) is 4.39 Å². The molecule has 0 aliphatic carbocycles. The summed E-state index contributed by atoms with van der Waals surface area (Å²) < 4.78 is 56.2. The smallest absolute Gasteiger partial charge is 0.422 e. The summed E-state index contributed by atoms with van der Waals surface area (Å²) in [5.41, 5.74) is 3.39. The summed E-state index contributed by atoms with van der Waals surface area (Å²) in [7, 11) is 0. The van der Waals surface area contributed by atoms with Crippen LogP contribution in [0.2, 0.25) is 0 Å². The van der Waals surface area contributed by atoms with Crippen LogP contribution in [-0.2, 0) is 13.1 Å². The summed E-state index contributed by atoms with van der Waals surface area (Å²) in [6.45, 7) is 0.858. The molecule has 0 saturated heterocycles. The van der Waals surface area contributed by atoms with Gasteiger partial charge < -0.3 is 15.4 Å². The molecule has 0 saturated carbocycles. The normalized spacial score (nSPS) is 11.2. The predicted molar refractivity (Wildman–Crippen MR) is 133 cm³/mol. The third kappa shape index (κ3) is 7.48. The average molecular weight is 526 g/mol. The monoisotopic (exact) mass is 525 g/mol. The summed E-state index contributed by atoms with van der Waals surface area (Å²) in [6, 6.07) is 19.1. The molecule has 0 unspecified atom stereocenters. The summed E-state index contributed by atoms with van der Waals surface area (Å²) in [5.74, 6) is -0.785. The topological polar surface area (TPSA) is 89.0 Å². The summed E-state index contributed by atoms with van der Waals surface area (Å²) in [4.78, 5) is 25.0. The Labute approximate surface area is 215 Å². The molecule has 0 fully saturated rings. The number of carbonyl (C=O) groups excluding carboxylic acids is 1. The maximum absolute atomic E-state index is 13.2. The number of rotatable bonds is 9. The number of carbonyl (C=O) groups is 1. The zero-order chi connectivity index (χ0) is 27.1. The minimum Gasteiger partial charge on any atom is -0.454 e. The summed E-state index contributed by atoms with van der Waals surface area (Å²) in [5, 5.41) is 5.74. The summed E-state index contributed by atoms with van der Waals surface area (Å²) >= 11 is 0. The second-order valence-electron chi connectivity index (χ2n) is 8.34. The largest absolute Gasteiger partial charge is 0.454 e. The number of nitrogens with one attached hydrogen (secondary N) is 2. The number of halogens is 4. The van der Waals surface area contributed by atoms with Gasteiger partial charge in [0.25, 0.3) is 5.91 Å². The lowest BCUT2D eigenvalue weighted by molar-refractivity contribution is -0.154. The minimum atomic E-state index is -4.59. The first-order valence-corrected chi connectivity index (χ1v) is 11.5. The van der Waals surface area contributed by atoms with Crippen LogP contribution in [-0.4, -0.2) is 33.6 Å². The molecule has 0 atom stereocenters. The summed E-state index contributed by atoms with van der Waals surface area (Å²) in [6.07, 6.45) is -4.59. The van der Waals surface area contributed by atoms with Crippen molar-refractivity contribution in [2.24, 2.45) is 0 Å². The lowest BCUT2D eigenvalue weighted by Crippen LogP contribution is -2.23. The van der Waals surface area contributed by atoms with Crippen LogP contribution in [0.25, 0.3) is 11.4 Å². The van der Waals surface area contributed by atoms with E-state index in [0.29, 0.717) is 23.2 Å². The Kier molecular flexibility index (Phi) is 8.15. The fraction of sp³-hybridized carbons (Fsp3) is 0.185. The van der Waals surface area contributed by atoms with E-state index in [1.54, 1.807) is 30.3 Å². The molecular weight excluding hydrogens is 502 g/mol. The van der Waals surface area contributed by atoms with Crippen molar-refractivity contribution < 1.29 is 27.1 Å². The van der Waals surface area contributed by atoms with Gasteiger partial charge in [0.15, 0.2) is 12.4 Å². The number of amides is 1. The van der Waals surface area contributed by atoms with Crippen LogP contribution in [0, 0.1) is 12.7 Å². The van der Waals surface area contributed by atoms with Gasteiger partial charge in [0.05, 0.1) is 0 Å². The van der Waals surface area contributed by atoms with E-state index in [1.807, 2.05) is 31.2 Å². The minimum absolute atomic E-state index is 0.00679. The number of alkyl halides is 3. The Balaban J connectivity index is 1.56. The van der Waals surface area contributed by atoms with Crippen LogP contribution in [0.4, 0.5) is 23.5 Å². The lowest BCUT2D eigenvalue weighted by atomic mass is 10.1. The SMILES string of the molecule is Cc1ccccc1CNC(=O)c1cccc(-c2nc(NCc3ccc(F)cc3)nc(OCC(F)(F)F)n2)c1. The van der Waals surface area contributed by atoms with Gasteiger partial charge in [0, 0.05) is 24.2 Å². The maximum atomic E-state index is 13.2. The van der Waals surface area contributed by atoms with Crippen LogP contribution in [0.3, 0.4) is 0 Å². The standard InChI is InChI=1S/C27H23F4N5O2/c1-17-5-2-3-6-21(17)15-32-24(37)20-8-4-7-19(13-20)23-34-25(33-14-18-9-11-22(28)12-10-18)36-26(35-23)38-16-27(29,30)31/h2-13H,14-16H2,1H3,(H,32,37)(H,33,34,35,36). The number of aryl methyl sites for hydroxylation is 1. The molecule has 0 spiro atoms. The van der Waals surface area contributed by atoms with Crippen LogP contribution < -0.4 is 15.4 Å². The van der Waals surface area contributed by atoms with Crippen molar-refractivity contribution in [2.75, 3.05) is 11.9 Å². The Morgan fingerprint density at radius 1 is 0.921 bits per heavy atom. The molecule has 0 aliphatic heterocycles. The van der Waals surface area contributed by atoms with E-state index >= 15 is 0 Å². The lowest BCUT2D eigenvalue weighted by Gasteiger charge is -2.12. The van der Waals surface area contributed by atoms with Gasteiger partial charge in [-0.3, -0.25) is 4.79 Å². The molecule has 4 rings (SSSR count). The number of nitrogens with zero attached hydrogens (tertiary/aromatic N) is 3. The van der Waals surface area contributed by atoms with Crippen molar-refractivity contribution in [1.29, 1.82) is 0 Å². The zero-order valence-electron chi connectivity index (χ0n) is 20.2. The van der Waals surface area contributed by atoms with Gasteiger partial charge in [0.1, 0.15) is 5.82 Å². The Morgan fingerprint density at radius 3 is 2.42 bits per heavy atom. The molecule has 2 N–H and O–H groups in total. The van der Waals surface area contributed by atoms with Crippen LogP contribution in [0.15, 0.2) is 72.8 Å². The maximum Gasteiger partial charge on any atom is 0.422 e. The third-order valence-corrected chi connectivity index (χ3v) is 5.43. The van der Waals surface area contributed by atoms with Crippen molar-refractivity contribution in [3.8, 4) is 17.4 Å². The van der Waals surface area contributed by atoms with Crippen molar-refractivity contribution in [3.05, 3.63) is 101 Å². The molecule has 0 radical (unpaired) electrons. The first-order chi connectivity index (χ1) is 18.2. The van der Waals surface area contributed by atoms with Gasteiger partial charge in [-0.15, -0.1) is 0 Å². The van der Waals surface area contributed by atoms with E-state index in [2.05, 4.69) is 25.6 Å². The van der Waals surface area contributed by atoms with E-state index in [4.69, 9.17) is 4.74 Å². The molecule has 0 bridgehead atoms. The quantitative estimate of drug-likeness (QED) is 0.282. The molecule has 3 aromatic carbocycles. The number of benzene rings is 3. The third-order valence-electron chi connectivity index (χ3n) is 5.43. The average Bonchev–Trinajstić information content (AvgIpc) is 2.90. The highest BCUT2D eigenvalue weighted by molar-refractivity contribution is 5.95. The van der Waals surface area contributed by atoms with Gasteiger partial charge >= 0.3 is 12.2 Å². The van der Waals surface area contributed by atoms with Crippen LogP contribution in [0.5, 0.6) is 6.01 Å². The van der Waals surface area contributed by atoms with Gasteiger partial charge in [-0.1, -0.05) is 48.5 Å². The highest BCUT2D eigenvalue weighted by atomic mass is 19.4. The predicted octanol–water partition coefficient (Wildman–Crippen LogP) is 5.47. The second-order valence-corrected chi connectivity index (χ2v) is 8.34. The van der Waals surface area contributed by atoms with E-state index < -0.39 is 24.6 Å².